The number of benzene rings is 1. The summed E-state index contributed by atoms with van der Waals surface area (Å²) < 4.78 is 63.7. The first-order valence-corrected chi connectivity index (χ1v) is 16.1. The number of aromatic nitrogens is 5. The fraction of sp³-hybridized carbons (Fsp3) is 0.448. The maximum atomic E-state index is 14.4. The molecule has 1 aliphatic heterocycles. The molecule has 1 unspecified atom stereocenters. The van der Waals surface area contributed by atoms with Crippen LogP contribution in [0.5, 0.6) is 0 Å². The first kappa shape index (κ1) is 29.2. The number of hydrogen-bond donors (Lipinski definition) is 2. The number of sulfone groups is 1. The molecule has 1 aromatic carbocycles. The number of carbonyl (C=O) groups is 1. The first-order chi connectivity index (χ1) is 20.4. The third-order valence-corrected chi connectivity index (χ3v) is 9.10. The van der Waals surface area contributed by atoms with Crippen LogP contribution in [0.2, 0.25) is 0 Å². The minimum absolute atomic E-state index is 0.00492. The number of amides is 1. The molecule has 2 aliphatic rings. The first-order valence-electron chi connectivity index (χ1n) is 14.2. The number of rotatable bonds is 8. The van der Waals surface area contributed by atoms with Gasteiger partial charge in [-0.2, -0.15) is 5.10 Å². The highest BCUT2D eigenvalue weighted by atomic mass is 32.2. The quantitative estimate of drug-likeness (QED) is 0.263. The van der Waals surface area contributed by atoms with Gasteiger partial charge in [-0.15, -0.1) is 0 Å². The number of carbonyl (C=O) groups excluding carboxylic acids is 1. The second kappa shape index (κ2) is 11.0. The lowest BCUT2D eigenvalue weighted by Gasteiger charge is -2.25. The molecule has 1 saturated carbocycles. The van der Waals surface area contributed by atoms with Gasteiger partial charge in [0, 0.05) is 43.2 Å². The van der Waals surface area contributed by atoms with Crippen LogP contribution in [0.4, 0.5) is 26.0 Å². The number of pyridine rings is 1. The van der Waals surface area contributed by atoms with Crippen molar-refractivity contribution in [2.45, 2.75) is 63.5 Å². The highest BCUT2D eigenvalue weighted by molar-refractivity contribution is 7.90. The summed E-state index contributed by atoms with van der Waals surface area (Å²) >= 11 is 0. The summed E-state index contributed by atoms with van der Waals surface area (Å²) in [5.41, 5.74) is 3.78. The zero-order valence-electron chi connectivity index (χ0n) is 24.3. The molecule has 1 aliphatic carbocycles. The number of nitrogens with zero attached hydrogens (tertiary/aromatic N) is 5. The molecule has 228 valence electrons. The van der Waals surface area contributed by atoms with E-state index >= 15 is 0 Å². The van der Waals surface area contributed by atoms with E-state index in [0.717, 1.165) is 48.9 Å². The van der Waals surface area contributed by atoms with Crippen molar-refractivity contribution in [2.24, 2.45) is 13.0 Å². The summed E-state index contributed by atoms with van der Waals surface area (Å²) in [5.74, 6) is -0.704. The zero-order chi connectivity index (χ0) is 30.6. The monoisotopic (exact) mass is 613 g/mol. The van der Waals surface area contributed by atoms with Crippen LogP contribution in [0.1, 0.15) is 62.0 Å². The maximum Gasteiger partial charge on any atom is 0.295 e. The van der Waals surface area contributed by atoms with Gasteiger partial charge >= 0.3 is 0 Å². The number of hydrogen-bond acceptors (Lipinski definition) is 8. The Labute approximate surface area is 247 Å². The predicted octanol–water partition coefficient (Wildman–Crippen LogP) is 5.58. The second-order valence-corrected chi connectivity index (χ2v) is 13.2. The number of fused-ring (bicyclic) bond motifs is 1. The van der Waals surface area contributed by atoms with E-state index in [1.165, 1.54) is 10.6 Å². The van der Waals surface area contributed by atoms with Crippen LogP contribution in [0.15, 0.2) is 29.2 Å². The van der Waals surface area contributed by atoms with E-state index in [1.807, 2.05) is 20.9 Å². The lowest BCUT2D eigenvalue weighted by molar-refractivity contribution is -0.117. The predicted molar refractivity (Wildman–Crippen MR) is 157 cm³/mol. The molecular formula is C29H33F2N7O4S. The van der Waals surface area contributed by atoms with Gasteiger partial charge in [0.25, 0.3) is 6.43 Å². The summed E-state index contributed by atoms with van der Waals surface area (Å²) in [6.45, 7) is 4.17. The molecule has 4 aromatic rings. The molecule has 1 amide bonds. The SMILES string of the molecule is Cc1nn(C)c(C)c1-c1ccc(Nc2cc(NC(=O)C3CC3)nc3c2nc(C(F)F)n3C2CCCCO2)c(S(C)(=O)=O)c1. The summed E-state index contributed by atoms with van der Waals surface area (Å²) in [6.07, 6.45) is 1.12. The Morgan fingerprint density at radius 1 is 1.09 bits per heavy atom. The van der Waals surface area contributed by atoms with Gasteiger partial charge in [-0.3, -0.25) is 14.0 Å². The molecular weight excluding hydrogens is 580 g/mol. The average molecular weight is 614 g/mol. The van der Waals surface area contributed by atoms with Crippen LogP contribution in [0.25, 0.3) is 22.3 Å². The summed E-state index contributed by atoms with van der Waals surface area (Å²) in [7, 11) is -1.94. The fourth-order valence-electron chi connectivity index (χ4n) is 5.60. The van der Waals surface area contributed by atoms with Crippen LogP contribution in [-0.2, 0) is 26.4 Å². The molecule has 1 atom stereocenters. The average Bonchev–Trinajstić information content (AvgIpc) is 3.68. The molecule has 6 rings (SSSR count). The minimum atomic E-state index is -3.76. The number of ether oxygens (including phenoxy) is 1. The van der Waals surface area contributed by atoms with Gasteiger partial charge in [0.05, 0.1) is 22.0 Å². The lowest BCUT2D eigenvalue weighted by Crippen LogP contribution is -2.21. The lowest BCUT2D eigenvalue weighted by atomic mass is 10.0. The number of aryl methyl sites for hydroxylation is 2. The largest absolute Gasteiger partial charge is 0.358 e. The molecule has 4 heterocycles. The van der Waals surface area contributed by atoms with E-state index in [9.17, 15) is 22.0 Å². The van der Waals surface area contributed by atoms with Gasteiger partial charge in [-0.05, 0) is 63.6 Å². The van der Waals surface area contributed by atoms with Gasteiger partial charge < -0.3 is 15.4 Å². The normalized spacial score (nSPS) is 17.5. The number of imidazole rings is 1. The van der Waals surface area contributed by atoms with Crippen LogP contribution < -0.4 is 10.6 Å². The minimum Gasteiger partial charge on any atom is -0.358 e. The highest BCUT2D eigenvalue weighted by Crippen LogP contribution is 2.39. The van der Waals surface area contributed by atoms with Crippen molar-refractivity contribution < 1.29 is 26.7 Å². The van der Waals surface area contributed by atoms with Crippen molar-refractivity contribution in [2.75, 3.05) is 23.5 Å². The van der Waals surface area contributed by atoms with E-state index in [4.69, 9.17) is 4.74 Å². The van der Waals surface area contributed by atoms with Gasteiger partial charge in [0.15, 0.2) is 21.3 Å². The standard InChI is InChI=1S/C29H33F2N7O4S/c1-15-24(16(2)37(3)36-15)18-10-11-19(21(13-18)43(4,40)41)32-20-14-22(34-29(39)17-8-9-17)33-27-25(20)35-28(26(30)31)38(27)23-7-5-6-12-42-23/h10-11,13-14,17,23,26H,5-9,12H2,1-4H3,(H2,32,33,34,39). The van der Waals surface area contributed by atoms with E-state index in [2.05, 4.69) is 25.7 Å². The van der Waals surface area contributed by atoms with Crippen LogP contribution in [0, 0.1) is 19.8 Å². The van der Waals surface area contributed by atoms with Crippen LogP contribution in [-0.4, -0.2) is 51.5 Å². The van der Waals surface area contributed by atoms with Gasteiger partial charge in [-0.25, -0.2) is 27.2 Å². The Hall–Kier alpha value is -3.91. The number of nitrogens with one attached hydrogen (secondary N) is 2. The topological polar surface area (TPSA) is 133 Å². The molecule has 43 heavy (non-hydrogen) atoms. The molecule has 3 aromatic heterocycles. The Kier molecular flexibility index (Phi) is 7.45. The maximum absolute atomic E-state index is 14.4. The Morgan fingerprint density at radius 3 is 2.47 bits per heavy atom. The highest BCUT2D eigenvalue weighted by Gasteiger charge is 2.32. The number of halogens is 2. The van der Waals surface area contributed by atoms with E-state index in [1.54, 1.807) is 22.9 Å². The van der Waals surface area contributed by atoms with Gasteiger partial charge in [0.2, 0.25) is 5.91 Å². The molecule has 2 N–H and O–H groups in total. The van der Waals surface area contributed by atoms with Crippen LogP contribution >= 0.6 is 0 Å². The van der Waals surface area contributed by atoms with E-state index < -0.39 is 28.3 Å². The van der Waals surface area contributed by atoms with Crippen molar-refractivity contribution in [3.8, 4) is 11.1 Å². The third kappa shape index (κ3) is 5.60. The molecule has 1 saturated heterocycles. The number of anilines is 3. The zero-order valence-corrected chi connectivity index (χ0v) is 25.1. The Morgan fingerprint density at radius 2 is 1.86 bits per heavy atom. The van der Waals surface area contributed by atoms with Crippen molar-refractivity contribution in [3.05, 3.63) is 41.5 Å². The van der Waals surface area contributed by atoms with Crippen molar-refractivity contribution >= 4 is 44.1 Å². The van der Waals surface area contributed by atoms with Crippen molar-refractivity contribution in [1.29, 1.82) is 0 Å². The molecule has 0 radical (unpaired) electrons. The molecule has 0 spiro atoms. The van der Waals surface area contributed by atoms with Gasteiger partial charge in [-0.1, -0.05) is 6.07 Å². The summed E-state index contributed by atoms with van der Waals surface area (Å²) in [6, 6.07) is 6.47. The van der Waals surface area contributed by atoms with Crippen LogP contribution in [0.3, 0.4) is 0 Å². The third-order valence-electron chi connectivity index (χ3n) is 7.96. The fourth-order valence-corrected chi connectivity index (χ4v) is 6.46. The number of alkyl halides is 2. The Bertz CT molecular complexity index is 1840. The van der Waals surface area contributed by atoms with Gasteiger partial charge in [0.1, 0.15) is 17.6 Å². The smallest absolute Gasteiger partial charge is 0.295 e. The summed E-state index contributed by atoms with van der Waals surface area (Å²) in [4.78, 5) is 21.5. The second-order valence-electron chi connectivity index (χ2n) is 11.2. The summed E-state index contributed by atoms with van der Waals surface area (Å²) in [5, 5.41) is 10.4. The molecule has 2 fully saturated rings. The van der Waals surface area contributed by atoms with Crippen molar-refractivity contribution in [1.82, 2.24) is 24.3 Å². The molecule has 0 bridgehead atoms. The van der Waals surface area contributed by atoms with E-state index in [0.29, 0.717) is 18.6 Å². The van der Waals surface area contributed by atoms with E-state index in [-0.39, 0.29) is 45.1 Å². The van der Waals surface area contributed by atoms with Crippen molar-refractivity contribution in [3.63, 3.8) is 0 Å². The molecule has 14 heteroatoms. The Balaban J connectivity index is 1.51. The molecule has 11 nitrogen and oxygen atoms in total.